The number of carbonyl (C=O) groups excluding carboxylic acids is 1. The molecule has 0 spiro atoms. The van der Waals surface area contributed by atoms with Gasteiger partial charge in [-0.2, -0.15) is 0 Å². The van der Waals surface area contributed by atoms with Gasteiger partial charge in [0.15, 0.2) is 12.4 Å². The second kappa shape index (κ2) is 6.15. The Labute approximate surface area is 94.4 Å². The molecule has 0 bridgehead atoms. The van der Waals surface area contributed by atoms with E-state index in [1.807, 2.05) is 0 Å². The SMILES string of the molecule is CO[C@@H]1O[C@H](CCO)[C@@H](OC)[C@H]1OC(C)=O. The van der Waals surface area contributed by atoms with Gasteiger partial charge in [-0.1, -0.05) is 0 Å². The van der Waals surface area contributed by atoms with Crippen LogP contribution in [0.5, 0.6) is 0 Å². The fourth-order valence-corrected chi connectivity index (χ4v) is 1.84. The third kappa shape index (κ3) is 2.91. The van der Waals surface area contributed by atoms with E-state index in [9.17, 15) is 4.79 Å². The quantitative estimate of drug-likeness (QED) is 0.657. The second-order valence-electron chi connectivity index (χ2n) is 3.57. The fraction of sp³-hybridized carbons (Fsp3) is 0.900. The summed E-state index contributed by atoms with van der Waals surface area (Å²) in [7, 11) is 2.97. The van der Waals surface area contributed by atoms with Crippen LogP contribution in [0, 0.1) is 0 Å². The van der Waals surface area contributed by atoms with Crippen molar-refractivity contribution in [2.24, 2.45) is 0 Å². The Morgan fingerprint density at radius 1 is 1.31 bits per heavy atom. The van der Waals surface area contributed by atoms with Crippen molar-refractivity contribution in [2.45, 2.75) is 37.9 Å². The van der Waals surface area contributed by atoms with Crippen molar-refractivity contribution < 1.29 is 28.8 Å². The van der Waals surface area contributed by atoms with Crippen LogP contribution < -0.4 is 0 Å². The highest BCUT2D eigenvalue weighted by molar-refractivity contribution is 5.66. The zero-order chi connectivity index (χ0) is 12.1. The lowest BCUT2D eigenvalue weighted by Crippen LogP contribution is -2.38. The molecule has 4 atom stereocenters. The fourth-order valence-electron chi connectivity index (χ4n) is 1.84. The van der Waals surface area contributed by atoms with E-state index in [1.165, 1.54) is 21.1 Å². The number of carbonyl (C=O) groups is 1. The van der Waals surface area contributed by atoms with Crippen LogP contribution in [-0.2, 0) is 23.7 Å². The number of hydrogen-bond donors (Lipinski definition) is 1. The molecule has 1 aliphatic heterocycles. The zero-order valence-corrected chi connectivity index (χ0v) is 9.71. The largest absolute Gasteiger partial charge is 0.454 e. The monoisotopic (exact) mass is 234 g/mol. The molecule has 0 aromatic carbocycles. The average molecular weight is 234 g/mol. The van der Waals surface area contributed by atoms with Crippen molar-refractivity contribution in [1.82, 2.24) is 0 Å². The molecule has 16 heavy (non-hydrogen) atoms. The molecule has 0 aliphatic carbocycles. The van der Waals surface area contributed by atoms with E-state index in [-0.39, 0.29) is 12.7 Å². The summed E-state index contributed by atoms with van der Waals surface area (Å²) in [6.07, 6.45) is -1.57. The summed E-state index contributed by atoms with van der Waals surface area (Å²) in [5.41, 5.74) is 0. The summed E-state index contributed by atoms with van der Waals surface area (Å²) in [6.45, 7) is 1.30. The lowest BCUT2D eigenvalue weighted by molar-refractivity contribution is -0.178. The summed E-state index contributed by atoms with van der Waals surface area (Å²) in [4.78, 5) is 10.9. The third-order valence-corrected chi connectivity index (χ3v) is 2.49. The number of aliphatic hydroxyl groups excluding tert-OH is 1. The first-order valence-corrected chi connectivity index (χ1v) is 5.13. The normalized spacial score (nSPS) is 34.0. The van der Waals surface area contributed by atoms with Crippen molar-refractivity contribution in [1.29, 1.82) is 0 Å². The van der Waals surface area contributed by atoms with Gasteiger partial charge in [0.05, 0.1) is 6.10 Å². The van der Waals surface area contributed by atoms with Crippen LogP contribution in [0.25, 0.3) is 0 Å². The molecule has 1 fully saturated rings. The molecular formula is C10H18O6. The van der Waals surface area contributed by atoms with Gasteiger partial charge in [0.2, 0.25) is 0 Å². The Morgan fingerprint density at radius 3 is 2.44 bits per heavy atom. The lowest BCUT2D eigenvalue weighted by Gasteiger charge is -2.21. The van der Waals surface area contributed by atoms with Gasteiger partial charge in [-0.15, -0.1) is 0 Å². The Morgan fingerprint density at radius 2 is 2.00 bits per heavy atom. The summed E-state index contributed by atoms with van der Waals surface area (Å²) in [6, 6.07) is 0. The molecule has 6 heteroatoms. The molecule has 6 nitrogen and oxygen atoms in total. The van der Waals surface area contributed by atoms with Gasteiger partial charge >= 0.3 is 5.97 Å². The van der Waals surface area contributed by atoms with Crippen LogP contribution in [0.1, 0.15) is 13.3 Å². The minimum atomic E-state index is -0.648. The number of ether oxygens (including phenoxy) is 4. The van der Waals surface area contributed by atoms with Crippen molar-refractivity contribution in [2.75, 3.05) is 20.8 Å². The van der Waals surface area contributed by atoms with E-state index in [4.69, 9.17) is 24.1 Å². The van der Waals surface area contributed by atoms with Gasteiger partial charge in [0, 0.05) is 27.8 Å². The van der Waals surface area contributed by atoms with E-state index in [0.29, 0.717) is 6.42 Å². The topological polar surface area (TPSA) is 74.2 Å². The molecule has 0 saturated carbocycles. The maximum Gasteiger partial charge on any atom is 0.303 e. The highest BCUT2D eigenvalue weighted by Gasteiger charge is 2.47. The first-order chi connectivity index (χ1) is 7.63. The van der Waals surface area contributed by atoms with Gasteiger partial charge in [0.1, 0.15) is 6.10 Å². The van der Waals surface area contributed by atoms with Crippen LogP contribution in [0.4, 0.5) is 0 Å². The van der Waals surface area contributed by atoms with Crippen molar-refractivity contribution in [3.8, 4) is 0 Å². The van der Waals surface area contributed by atoms with Gasteiger partial charge in [-0.3, -0.25) is 4.79 Å². The molecular weight excluding hydrogens is 216 g/mol. The summed E-state index contributed by atoms with van der Waals surface area (Å²) in [5, 5.41) is 8.88. The molecule has 1 rings (SSSR count). The van der Waals surface area contributed by atoms with Crippen molar-refractivity contribution in [3.63, 3.8) is 0 Å². The van der Waals surface area contributed by atoms with Crippen LogP contribution in [-0.4, -0.2) is 56.5 Å². The van der Waals surface area contributed by atoms with Crippen molar-refractivity contribution >= 4 is 5.97 Å². The van der Waals surface area contributed by atoms with E-state index in [2.05, 4.69) is 0 Å². The zero-order valence-electron chi connectivity index (χ0n) is 9.71. The molecule has 0 unspecified atom stereocenters. The molecule has 0 amide bonds. The summed E-state index contributed by atoms with van der Waals surface area (Å²) >= 11 is 0. The van der Waals surface area contributed by atoms with Crippen LogP contribution in [0.15, 0.2) is 0 Å². The maximum absolute atomic E-state index is 10.9. The van der Waals surface area contributed by atoms with Crippen molar-refractivity contribution in [3.05, 3.63) is 0 Å². The molecule has 1 aliphatic rings. The number of hydrogen-bond acceptors (Lipinski definition) is 6. The second-order valence-corrected chi connectivity index (χ2v) is 3.57. The minimum Gasteiger partial charge on any atom is -0.454 e. The smallest absolute Gasteiger partial charge is 0.303 e. The van der Waals surface area contributed by atoms with E-state index < -0.39 is 24.5 Å². The maximum atomic E-state index is 10.9. The highest BCUT2D eigenvalue weighted by atomic mass is 16.7. The van der Waals surface area contributed by atoms with E-state index in [1.54, 1.807) is 0 Å². The summed E-state index contributed by atoms with van der Waals surface area (Å²) in [5.74, 6) is -0.414. The van der Waals surface area contributed by atoms with E-state index in [0.717, 1.165) is 0 Å². The van der Waals surface area contributed by atoms with Gasteiger partial charge in [-0.05, 0) is 6.42 Å². The molecule has 1 N–H and O–H groups in total. The molecule has 94 valence electrons. The summed E-state index contributed by atoms with van der Waals surface area (Å²) < 4.78 is 20.9. The molecule has 0 aromatic heterocycles. The van der Waals surface area contributed by atoms with Gasteiger partial charge in [-0.25, -0.2) is 0 Å². The predicted molar refractivity (Wildman–Crippen MR) is 53.7 cm³/mol. The van der Waals surface area contributed by atoms with Crippen LogP contribution in [0.2, 0.25) is 0 Å². The molecule has 1 saturated heterocycles. The minimum absolute atomic E-state index is 0.0201. The Kier molecular flexibility index (Phi) is 5.14. The van der Waals surface area contributed by atoms with Gasteiger partial charge in [0.25, 0.3) is 0 Å². The lowest BCUT2D eigenvalue weighted by atomic mass is 10.1. The number of methoxy groups -OCH3 is 2. The molecule has 1 heterocycles. The Bertz CT molecular complexity index is 231. The van der Waals surface area contributed by atoms with Crippen LogP contribution >= 0.6 is 0 Å². The third-order valence-electron chi connectivity index (χ3n) is 2.49. The first kappa shape index (κ1) is 13.4. The Balaban J connectivity index is 2.71. The number of aliphatic hydroxyl groups is 1. The number of rotatable bonds is 5. The first-order valence-electron chi connectivity index (χ1n) is 5.13. The van der Waals surface area contributed by atoms with E-state index >= 15 is 0 Å². The van der Waals surface area contributed by atoms with Crippen LogP contribution in [0.3, 0.4) is 0 Å². The standard InChI is InChI=1S/C10H18O6/c1-6(12)15-9-8(13-2)7(4-5-11)16-10(9)14-3/h7-11H,4-5H2,1-3H3/t7-,8-,9-,10-/m1/s1. The molecule has 0 radical (unpaired) electrons. The Hall–Kier alpha value is -0.690. The van der Waals surface area contributed by atoms with Gasteiger partial charge < -0.3 is 24.1 Å². The number of esters is 1. The molecule has 0 aromatic rings. The predicted octanol–water partition coefficient (Wildman–Crippen LogP) is -0.313. The average Bonchev–Trinajstić information content (AvgIpc) is 2.55. The highest BCUT2D eigenvalue weighted by Crippen LogP contribution is 2.28.